The molecule has 2 N–H and O–H groups in total. The summed E-state index contributed by atoms with van der Waals surface area (Å²) in [4.78, 5) is 35.3. The number of aromatic nitrogens is 4. The van der Waals surface area contributed by atoms with Crippen LogP contribution >= 0.6 is 0 Å². The summed E-state index contributed by atoms with van der Waals surface area (Å²) in [6, 6.07) is 10.5. The lowest BCUT2D eigenvalue weighted by molar-refractivity contribution is 0.0901. The van der Waals surface area contributed by atoms with Crippen LogP contribution in [0.15, 0.2) is 47.7 Å². The van der Waals surface area contributed by atoms with E-state index in [0.717, 1.165) is 45.3 Å². The lowest BCUT2D eigenvalue weighted by Gasteiger charge is -2.33. The third kappa shape index (κ3) is 4.12. The van der Waals surface area contributed by atoms with Crippen molar-refractivity contribution in [2.75, 3.05) is 19.6 Å². The molecule has 1 fully saturated rings. The molecule has 0 spiro atoms. The molecule has 0 saturated carbocycles. The zero-order valence-corrected chi connectivity index (χ0v) is 15.7. The number of H-pyrrole nitrogens is 1. The monoisotopic (exact) mass is 380 g/mol. The minimum atomic E-state index is -0.435. The number of carbonyl (C=O) groups excluding carboxylic acids is 1. The number of nitrogens with one attached hydrogen (secondary N) is 2. The Morgan fingerprint density at radius 1 is 1.25 bits per heavy atom. The highest BCUT2D eigenvalue weighted by Crippen LogP contribution is 2.12. The van der Waals surface area contributed by atoms with E-state index in [0.29, 0.717) is 0 Å². The number of amides is 1. The summed E-state index contributed by atoms with van der Waals surface area (Å²) in [5, 5.41) is 5.68. The average Bonchev–Trinajstić information content (AvgIpc) is 3.19. The highest BCUT2D eigenvalue weighted by atomic mass is 16.2. The maximum absolute atomic E-state index is 12.6. The van der Waals surface area contributed by atoms with Crippen molar-refractivity contribution in [1.29, 1.82) is 0 Å². The van der Waals surface area contributed by atoms with Crippen LogP contribution in [0.4, 0.5) is 0 Å². The molecule has 1 amide bonds. The topological polar surface area (TPSA) is 95.4 Å². The molecule has 3 heterocycles. The van der Waals surface area contributed by atoms with Gasteiger partial charge in [-0.15, -0.1) is 0 Å². The number of benzene rings is 1. The first kappa shape index (κ1) is 18.4. The Labute approximate surface area is 162 Å². The van der Waals surface area contributed by atoms with Crippen LogP contribution in [0.25, 0.3) is 5.78 Å². The van der Waals surface area contributed by atoms with Gasteiger partial charge in [-0.1, -0.05) is 30.3 Å². The van der Waals surface area contributed by atoms with Crippen molar-refractivity contribution in [3.05, 3.63) is 64.3 Å². The second-order valence-corrected chi connectivity index (χ2v) is 7.20. The van der Waals surface area contributed by atoms with E-state index in [-0.39, 0.29) is 23.3 Å². The van der Waals surface area contributed by atoms with Crippen molar-refractivity contribution in [1.82, 2.24) is 29.8 Å². The first-order valence-corrected chi connectivity index (χ1v) is 9.69. The predicted octanol–water partition coefficient (Wildman–Crippen LogP) is 1.24. The van der Waals surface area contributed by atoms with Crippen LogP contribution in [-0.2, 0) is 6.42 Å². The number of fused-ring (bicyclic) bond motifs is 1. The summed E-state index contributed by atoms with van der Waals surface area (Å²) >= 11 is 0. The Hall–Kier alpha value is -3.00. The standard InChI is InChI=1S/C20H24N6O2/c27-18(17-12-21-20-22-14-23-26(20)19(17)28)24-16-9-5-11-25(13-16)10-4-8-15-6-2-1-3-7-15/h1-3,6-7,12,14,16H,4-5,8-11,13H2,(H,24,27)(H,21,22,23)/t16-/m0/s1. The third-order valence-electron chi connectivity index (χ3n) is 5.18. The Balaban J connectivity index is 1.32. The molecule has 4 rings (SSSR count). The van der Waals surface area contributed by atoms with Crippen LogP contribution in [0.2, 0.25) is 0 Å². The number of rotatable bonds is 6. The van der Waals surface area contributed by atoms with Crippen LogP contribution in [-0.4, -0.2) is 56.1 Å². The molecule has 1 atom stereocenters. The summed E-state index contributed by atoms with van der Waals surface area (Å²) in [5.74, 6) is -0.124. The Bertz CT molecular complexity index is 997. The van der Waals surface area contributed by atoms with Gasteiger partial charge in [0, 0.05) is 18.8 Å². The molecule has 8 heteroatoms. The van der Waals surface area contributed by atoms with E-state index in [4.69, 9.17) is 0 Å². The molecule has 146 valence electrons. The second kappa shape index (κ2) is 8.35. The van der Waals surface area contributed by atoms with Crippen LogP contribution in [0.1, 0.15) is 35.2 Å². The molecule has 1 aliphatic heterocycles. The Kier molecular flexibility index (Phi) is 5.48. The zero-order valence-electron chi connectivity index (χ0n) is 15.7. The molecule has 8 nitrogen and oxygen atoms in total. The SMILES string of the molecule is O=C(N[C@H]1CCCN(CCCc2ccccc2)C1)c1cnc2nc[nH]n2c1=O. The number of piperidine rings is 1. The van der Waals surface area contributed by atoms with Gasteiger partial charge in [0.05, 0.1) is 0 Å². The van der Waals surface area contributed by atoms with Gasteiger partial charge < -0.3 is 10.2 Å². The third-order valence-corrected chi connectivity index (χ3v) is 5.18. The lowest BCUT2D eigenvalue weighted by atomic mass is 10.0. The van der Waals surface area contributed by atoms with E-state index in [1.807, 2.05) is 6.07 Å². The van der Waals surface area contributed by atoms with Gasteiger partial charge in [-0.05, 0) is 44.3 Å². The van der Waals surface area contributed by atoms with Gasteiger partial charge in [0.15, 0.2) is 0 Å². The van der Waals surface area contributed by atoms with E-state index in [1.165, 1.54) is 22.6 Å². The normalized spacial score (nSPS) is 17.6. The second-order valence-electron chi connectivity index (χ2n) is 7.20. The number of nitrogens with zero attached hydrogens (tertiary/aromatic N) is 4. The maximum Gasteiger partial charge on any atom is 0.286 e. The van der Waals surface area contributed by atoms with Crippen molar-refractivity contribution >= 4 is 11.7 Å². The van der Waals surface area contributed by atoms with E-state index in [1.54, 1.807) is 0 Å². The van der Waals surface area contributed by atoms with Gasteiger partial charge in [0.25, 0.3) is 17.2 Å². The van der Waals surface area contributed by atoms with Crippen molar-refractivity contribution in [2.45, 2.75) is 31.7 Å². The molecule has 1 aromatic carbocycles. The van der Waals surface area contributed by atoms with Crippen molar-refractivity contribution in [2.24, 2.45) is 0 Å². The van der Waals surface area contributed by atoms with Gasteiger partial charge >= 0.3 is 0 Å². The fourth-order valence-electron chi connectivity index (χ4n) is 3.75. The first-order valence-electron chi connectivity index (χ1n) is 9.69. The number of aromatic amines is 1. The van der Waals surface area contributed by atoms with Crippen molar-refractivity contribution < 1.29 is 4.79 Å². The average molecular weight is 380 g/mol. The summed E-state index contributed by atoms with van der Waals surface area (Å²) in [6.45, 7) is 2.86. The van der Waals surface area contributed by atoms with Gasteiger partial charge in [0.1, 0.15) is 11.9 Å². The van der Waals surface area contributed by atoms with Crippen molar-refractivity contribution in [3.8, 4) is 0 Å². The number of aryl methyl sites for hydroxylation is 1. The van der Waals surface area contributed by atoms with Gasteiger partial charge in [-0.3, -0.25) is 14.7 Å². The fourth-order valence-corrected chi connectivity index (χ4v) is 3.75. The van der Waals surface area contributed by atoms with E-state index < -0.39 is 5.56 Å². The summed E-state index contributed by atoms with van der Waals surface area (Å²) in [6.07, 6.45) is 6.77. The van der Waals surface area contributed by atoms with Crippen LogP contribution < -0.4 is 10.9 Å². The largest absolute Gasteiger partial charge is 0.348 e. The number of likely N-dealkylation sites (tertiary alicyclic amines) is 1. The number of hydrogen-bond acceptors (Lipinski definition) is 5. The van der Waals surface area contributed by atoms with Gasteiger partial charge in [-0.2, -0.15) is 4.52 Å². The summed E-state index contributed by atoms with van der Waals surface area (Å²) in [5.41, 5.74) is 0.949. The molecule has 2 aromatic heterocycles. The molecule has 28 heavy (non-hydrogen) atoms. The molecule has 0 bridgehead atoms. The summed E-state index contributed by atoms with van der Waals surface area (Å²) < 4.78 is 1.17. The number of carbonyl (C=O) groups is 1. The molecule has 3 aromatic rings. The zero-order chi connectivity index (χ0) is 19.3. The number of hydrogen-bond donors (Lipinski definition) is 2. The van der Waals surface area contributed by atoms with Gasteiger partial charge in [-0.25, -0.2) is 9.97 Å². The molecule has 1 saturated heterocycles. The highest BCUT2D eigenvalue weighted by Gasteiger charge is 2.23. The Morgan fingerprint density at radius 3 is 2.96 bits per heavy atom. The molecule has 0 radical (unpaired) electrons. The molecule has 0 unspecified atom stereocenters. The quantitative estimate of drug-likeness (QED) is 0.671. The molecule has 0 aliphatic carbocycles. The van der Waals surface area contributed by atoms with E-state index >= 15 is 0 Å². The van der Waals surface area contributed by atoms with Crippen LogP contribution in [0.5, 0.6) is 0 Å². The first-order chi connectivity index (χ1) is 13.7. The minimum absolute atomic E-state index is 0.0305. The predicted molar refractivity (Wildman–Crippen MR) is 105 cm³/mol. The van der Waals surface area contributed by atoms with Crippen LogP contribution in [0.3, 0.4) is 0 Å². The van der Waals surface area contributed by atoms with E-state index in [9.17, 15) is 9.59 Å². The van der Waals surface area contributed by atoms with Gasteiger partial charge in [0.2, 0.25) is 0 Å². The van der Waals surface area contributed by atoms with Crippen molar-refractivity contribution in [3.63, 3.8) is 0 Å². The molecule has 1 aliphatic rings. The molecular formula is C20H24N6O2. The summed E-state index contributed by atoms with van der Waals surface area (Å²) in [7, 11) is 0. The lowest BCUT2D eigenvalue weighted by Crippen LogP contribution is -2.48. The fraction of sp³-hybridized carbons (Fsp3) is 0.400. The minimum Gasteiger partial charge on any atom is -0.348 e. The van der Waals surface area contributed by atoms with E-state index in [2.05, 4.69) is 49.5 Å². The Morgan fingerprint density at radius 2 is 2.11 bits per heavy atom. The smallest absolute Gasteiger partial charge is 0.286 e. The highest BCUT2D eigenvalue weighted by molar-refractivity contribution is 5.93. The molecular weight excluding hydrogens is 356 g/mol. The maximum atomic E-state index is 12.6. The van der Waals surface area contributed by atoms with Crippen LogP contribution in [0, 0.1) is 0 Å².